The molecule has 1 aliphatic rings. The maximum absolute atomic E-state index is 12.8. The maximum atomic E-state index is 12.8. The zero-order valence-corrected chi connectivity index (χ0v) is 19.5. The van der Waals surface area contributed by atoms with Crippen LogP contribution in [0.4, 0.5) is 5.69 Å². The number of esters is 1. The number of ketones is 1. The van der Waals surface area contributed by atoms with Gasteiger partial charge in [0.1, 0.15) is 17.1 Å². The molecular formula is C24H25N3O8. The Morgan fingerprint density at radius 2 is 1.69 bits per heavy atom. The van der Waals surface area contributed by atoms with Crippen molar-refractivity contribution in [3.63, 3.8) is 0 Å². The number of ether oxygens (including phenoxy) is 3. The van der Waals surface area contributed by atoms with Crippen molar-refractivity contribution >= 4 is 35.2 Å². The van der Waals surface area contributed by atoms with Gasteiger partial charge in [0, 0.05) is 17.7 Å². The van der Waals surface area contributed by atoms with Gasteiger partial charge in [-0.3, -0.25) is 34.4 Å². The van der Waals surface area contributed by atoms with Crippen molar-refractivity contribution in [2.75, 3.05) is 32.7 Å². The molecule has 1 heterocycles. The summed E-state index contributed by atoms with van der Waals surface area (Å²) in [6.07, 6.45) is -0.190. The number of benzene rings is 2. The minimum Gasteiger partial charge on any atom is -0.496 e. The minimum atomic E-state index is -0.865. The fraction of sp³-hybridized carbons (Fsp3) is 0.292. The number of methoxy groups -OCH3 is 2. The largest absolute Gasteiger partial charge is 0.496 e. The van der Waals surface area contributed by atoms with Crippen LogP contribution in [-0.4, -0.2) is 61.9 Å². The quantitative estimate of drug-likeness (QED) is 0.405. The van der Waals surface area contributed by atoms with Crippen molar-refractivity contribution in [2.24, 2.45) is 5.92 Å². The van der Waals surface area contributed by atoms with Crippen LogP contribution in [0.25, 0.3) is 0 Å². The highest BCUT2D eigenvalue weighted by atomic mass is 16.5. The molecule has 3 amide bonds. The predicted octanol–water partition coefficient (Wildman–Crippen LogP) is 1.58. The lowest BCUT2D eigenvalue weighted by Gasteiger charge is -2.19. The van der Waals surface area contributed by atoms with E-state index in [9.17, 15) is 24.0 Å². The number of carbonyl (C=O) groups excluding carboxylic acids is 5. The van der Waals surface area contributed by atoms with Gasteiger partial charge in [0.15, 0.2) is 12.4 Å². The summed E-state index contributed by atoms with van der Waals surface area (Å²) in [6.45, 7) is 0.714. The molecule has 1 atom stereocenters. The van der Waals surface area contributed by atoms with Gasteiger partial charge in [0.25, 0.3) is 11.8 Å². The van der Waals surface area contributed by atoms with Gasteiger partial charge < -0.3 is 19.5 Å². The molecule has 0 radical (unpaired) electrons. The number of hydrogen-bond donors (Lipinski definition) is 2. The van der Waals surface area contributed by atoms with Crippen molar-refractivity contribution in [1.82, 2.24) is 10.4 Å². The van der Waals surface area contributed by atoms with Crippen LogP contribution in [0.5, 0.6) is 11.5 Å². The molecule has 184 valence electrons. The Balaban J connectivity index is 1.55. The van der Waals surface area contributed by atoms with Gasteiger partial charge in [-0.15, -0.1) is 0 Å². The molecule has 0 aromatic heterocycles. The lowest BCUT2D eigenvalue weighted by Crippen LogP contribution is -2.43. The van der Waals surface area contributed by atoms with Crippen LogP contribution >= 0.6 is 0 Å². The third-order valence-corrected chi connectivity index (χ3v) is 5.25. The van der Waals surface area contributed by atoms with Crippen molar-refractivity contribution in [3.8, 4) is 11.5 Å². The molecule has 1 saturated heterocycles. The molecule has 0 spiro atoms. The maximum Gasteiger partial charge on any atom is 0.311 e. The monoisotopic (exact) mass is 483 g/mol. The average Bonchev–Trinajstić information content (AvgIpc) is 3.21. The third kappa shape index (κ3) is 6.14. The van der Waals surface area contributed by atoms with E-state index in [1.54, 1.807) is 36.4 Å². The number of Topliss-reactive ketones (excluding diaryl/α,β-unsaturated/α-hetero) is 1. The summed E-state index contributed by atoms with van der Waals surface area (Å²) in [4.78, 5) is 61.2. The molecule has 1 fully saturated rings. The number of rotatable bonds is 9. The number of amides is 3. The highest BCUT2D eigenvalue weighted by molar-refractivity contribution is 6.01. The van der Waals surface area contributed by atoms with Gasteiger partial charge in [-0.2, -0.15) is 0 Å². The molecule has 11 heteroatoms. The van der Waals surface area contributed by atoms with E-state index in [0.29, 0.717) is 11.3 Å². The third-order valence-electron chi connectivity index (χ3n) is 5.25. The SMILES string of the molecule is COc1cccc(OC)c1C(=O)NN1C[C@H](C(=O)OCC(=O)Nc2cccc(C(C)=O)c2)CC1=O. The average molecular weight is 483 g/mol. The normalized spacial score (nSPS) is 14.8. The van der Waals surface area contributed by atoms with Gasteiger partial charge in [-0.05, 0) is 31.2 Å². The van der Waals surface area contributed by atoms with E-state index in [2.05, 4.69) is 10.7 Å². The Morgan fingerprint density at radius 1 is 1.03 bits per heavy atom. The van der Waals surface area contributed by atoms with Crippen LogP contribution in [0.3, 0.4) is 0 Å². The zero-order valence-electron chi connectivity index (χ0n) is 19.5. The number of nitrogens with one attached hydrogen (secondary N) is 2. The van der Waals surface area contributed by atoms with Gasteiger partial charge in [0.2, 0.25) is 5.91 Å². The molecule has 0 saturated carbocycles. The van der Waals surface area contributed by atoms with Gasteiger partial charge >= 0.3 is 5.97 Å². The Morgan fingerprint density at radius 3 is 2.31 bits per heavy atom. The summed E-state index contributed by atoms with van der Waals surface area (Å²) in [7, 11) is 2.80. The summed E-state index contributed by atoms with van der Waals surface area (Å²) >= 11 is 0. The van der Waals surface area contributed by atoms with Crippen LogP contribution in [0.2, 0.25) is 0 Å². The molecular weight excluding hydrogens is 458 g/mol. The van der Waals surface area contributed by atoms with Crippen molar-refractivity contribution < 1.29 is 38.2 Å². The highest BCUT2D eigenvalue weighted by Gasteiger charge is 2.37. The standard InChI is InChI=1S/C24H25N3O8/c1-14(28)15-6-4-7-17(10-15)25-20(29)13-35-24(32)16-11-21(30)27(12-16)26-23(31)22-18(33-2)8-5-9-19(22)34-3/h4-10,16H,11-13H2,1-3H3,(H,25,29)(H,26,31)/t16-/m1/s1. The summed E-state index contributed by atoms with van der Waals surface area (Å²) in [5, 5.41) is 3.56. The van der Waals surface area contributed by atoms with Crippen molar-refractivity contribution in [3.05, 3.63) is 53.6 Å². The number of carbonyl (C=O) groups is 5. The van der Waals surface area contributed by atoms with E-state index in [4.69, 9.17) is 14.2 Å². The second-order valence-electron chi connectivity index (χ2n) is 7.68. The zero-order chi connectivity index (χ0) is 25.5. The van der Waals surface area contributed by atoms with E-state index in [1.807, 2.05) is 0 Å². The topological polar surface area (TPSA) is 140 Å². The first kappa shape index (κ1) is 25.2. The molecule has 1 aliphatic heterocycles. The first-order valence-electron chi connectivity index (χ1n) is 10.6. The molecule has 35 heavy (non-hydrogen) atoms. The Hall–Kier alpha value is -4.41. The Labute approximate surface area is 201 Å². The predicted molar refractivity (Wildman–Crippen MR) is 123 cm³/mol. The summed E-state index contributed by atoms with van der Waals surface area (Å²) < 4.78 is 15.5. The first-order chi connectivity index (χ1) is 16.7. The van der Waals surface area contributed by atoms with Gasteiger partial charge in [-0.25, -0.2) is 0 Å². The second-order valence-corrected chi connectivity index (χ2v) is 7.68. The minimum absolute atomic E-state index is 0.0989. The molecule has 2 aromatic rings. The smallest absolute Gasteiger partial charge is 0.311 e. The van der Waals surface area contributed by atoms with Crippen LogP contribution in [-0.2, 0) is 19.1 Å². The van der Waals surface area contributed by atoms with E-state index >= 15 is 0 Å². The van der Waals surface area contributed by atoms with Crippen LogP contribution in [0.1, 0.15) is 34.1 Å². The molecule has 0 unspecified atom stereocenters. The molecule has 0 bridgehead atoms. The molecule has 2 N–H and O–H groups in total. The Bertz CT molecular complexity index is 1140. The molecule has 2 aromatic carbocycles. The summed E-state index contributed by atoms with van der Waals surface area (Å²) in [6, 6.07) is 11.1. The number of nitrogens with zero attached hydrogens (tertiary/aromatic N) is 1. The van der Waals surface area contributed by atoms with E-state index in [-0.39, 0.29) is 35.8 Å². The number of hydrogen-bond acceptors (Lipinski definition) is 8. The summed E-state index contributed by atoms with van der Waals surface area (Å²) in [5.74, 6) is -2.99. The molecule has 11 nitrogen and oxygen atoms in total. The molecule has 0 aliphatic carbocycles. The van der Waals surface area contributed by atoms with E-state index in [0.717, 1.165) is 5.01 Å². The first-order valence-corrected chi connectivity index (χ1v) is 10.6. The van der Waals surface area contributed by atoms with Gasteiger partial charge in [-0.1, -0.05) is 18.2 Å². The highest BCUT2D eigenvalue weighted by Crippen LogP contribution is 2.28. The lowest BCUT2D eigenvalue weighted by molar-refractivity contribution is -0.151. The Kier molecular flexibility index (Phi) is 8.03. The second kappa shape index (κ2) is 11.1. The van der Waals surface area contributed by atoms with E-state index in [1.165, 1.54) is 27.2 Å². The van der Waals surface area contributed by atoms with Crippen molar-refractivity contribution in [1.29, 1.82) is 0 Å². The number of hydrazine groups is 1. The lowest BCUT2D eigenvalue weighted by atomic mass is 10.1. The van der Waals surface area contributed by atoms with E-state index < -0.39 is 36.2 Å². The molecule has 3 rings (SSSR count). The summed E-state index contributed by atoms with van der Waals surface area (Å²) in [5.41, 5.74) is 3.37. The van der Waals surface area contributed by atoms with Crippen LogP contribution < -0.4 is 20.2 Å². The fourth-order valence-electron chi connectivity index (χ4n) is 3.49. The van der Waals surface area contributed by atoms with Gasteiger partial charge in [0.05, 0.1) is 26.7 Å². The number of anilines is 1. The van der Waals surface area contributed by atoms with Crippen molar-refractivity contribution in [2.45, 2.75) is 13.3 Å². The van der Waals surface area contributed by atoms with Crippen LogP contribution in [0.15, 0.2) is 42.5 Å². The van der Waals surface area contributed by atoms with Crippen LogP contribution in [0, 0.1) is 5.92 Å². The fourth-order valence-corrected chi connectivity index (χ4v) is 3.49.